The zero-order chi connectivity index (χ0) is 13.2. The standard InChI is InChI=1S/C10H12INO4S/c1-7-3-4-8(5-9(7)11)17(15,16)12(2)6-10(13)14/h3-5H,6H2,1-2H3,(H,13,14). The number of carboxylic acid groups (broad SMARTS) is 1. The van der Waals surface area contributed by atoms with Gasteiger partial charge in [0.1, 0.15) is 6.54 Å². The minimum Gasteiger partial charge on any atom is -0.480 e. The van der Waals surface area contributed by atoms with Crippen molar-refractivity contribution in [3.63, 3.8) is 0 Å². The van der Waals surface area contributed by atoms with E-state index in [0.717, 1.165) is 13.4 Å². The second-order valence-electron chi connectivity index (χ2n) is 3.57. The Hall–Kier alpha value is -0.670. The van der Waals surface area contributed by atoms with Crippen molar-refractivity contribution in [2.75, 3.05) is 13.6 Å². The van der Waals surface area contributed by atoms with Crippen LogP contribution in [0.5, 0.6) is 0 Å². The Morgan fingerprint density at radius 1 is 1.47 bits per heavy atom. The summed E-state index contributed by atoms with van der Waals surface area (Å²) in [5.41, 5.74) is 0.977. The third-order valence-electron chi connectivity index (χ3n) is 2.21. The van der Waals surface area contributed by atoms with Crippen LogP contribution in [-0.4, -0.2) is 37.4 Å². The fourth-order valence-corrected chi connectivity index (χ4v) is 3.06. The third-order valence-corrected chi connectivity index (χ3v) is 5.17. The largest absolute Gasteiger partial charge is 0.480 e. The maximum absolute atomic E-state index is 12.0. The summed E-state index contributed by atoms with van der Waals surface area (Å²) >= 11 is 2.04. The van der Waals surface area contributed by atoms with Crippen LogP contribution in [0.25, 0.3) is 0 Å². The number of halogens is 1. The van der Waals surface area contributed by atoms with Gasteiger partial charge in [-0.3, -0.25) is 4.79 Å². The summed E-state index contributed by atoms with van der Waals surface area (Å²) in [4.78, 5) is 10.6. The minimum absolute atomic E-state index is 0.108. The maximum Gasteiger partial charge on any atom is 0.318 e. The second-order valence-corrected chi connectivity index (χ2v) is 6.77. The highest BCUT2D eigenvalue weighted by Crippen LogP contribution is 2.19. The number of likely N-dealkylation sites (N-methyl/N-ethyl adjacent to an activating group) is 1. The minimum atomic E-state index is -3.73. The van der Waals surface area contributed by atoms with Crippen molar-refractivity contribution in [3.8, 4) is 0 Å². The molecule has 0 atom stereocenters. The van der Waals surface area contributed by atoms with Crippen LogP contribution >= 0.6 is 22.6 Å². The van der Waals surface area contributed by atoms with Crippen LogP contribution in [0, 0.1) is 10.5 Å². The number of carboxylic acids is 1. The van der Waals surface area contributed by atoms with E-state index in [2.05, 4.69) is 0 Å². The molecule has 17 heavy (non-hydrogen) atoms. The Morgan fingerprint density at radius 2 is 2.06 bits per heavy atom. The normalized spacial score (nSPS) is 11.8. The summed E-state index contributed by atoms with van der Waals surface area (Å²) in [5, 5.41) is 8.59. The highest BCUT2D eigenvalue weighted by molar-refractivity contribution is 14.1. The third kappa shape index (κ3) is 3.39. The second kappa shape index (κ2) is 5.32. The van der Waals surface area contributed by atoms with Gasteiger partial charge in [-0.05, 0) is 47.2 Å². The number of aliphatic carboxylic acids is 1. The van der Waals surface area contributed by atoms with E-state index in [4.69, 9.17) is 5.11 Å². The smallest absolute Gasteiger partial charge is 0.318 e. The molecule has 0 saturated carbocycles. The van der Waals surface area contributed by atoms with E-state index in [-0.39, 0.29) is 4.90 Å². The molecule has 0 heterocycles. The number of rotatable bonds is 4. The lowest BCUT2D eigenvalue weighted by molar-refractivity contribution is -0.137. The summed E-state index contributed by atoms with van der Waals surface area (Å²) in [6, 6.07) is 4.71. The van der Waals surface area contributed by atoms with Crippen LogP contribution in [0.15, 0.2) is 23.1 Å². The Bertz CT molecular complexity index is 541. The SMILES string of the molecule is Cc1ccc(S(=O)(=O)N(C)CC(=O)O)cc1I. The van der Waals surface area contributed by atoms with Gasteiger partial charge >= 0.3 is 5.97 Å². The van der Waals surface area contributed by atoms with Gasteiger partial charge in [0.15, 0.2) is 0 Å². The van der Waals surface area contributed by atoms with Crippen molar-refractivity contribution in [2.45, 2.75) is 11.8 Å². The first-order valence-electron chi connectivity index (χ1n) is 4.69. The van der Waals surface area contributed by atoms with Gasteiger partial charge in [-0.2, -0.15) is 4.31 Å². The quantitative estimate of drug-likeness (QED) is 0.813. The van der Waals surface area contributed by atoms with E-state index < -0.39 is 22.5 Å². The lowest BCUT2D eigenvalue weighted by Crippen LogP contribution is -2.32. The number of nitrogens with zero attached hydrogens (tertiary/aromatic N) is 1. The summed E-state index contributed by atoms with van der Waals surface area (Å²) in [5.74, 6) is -1.18. The predicted molar refractivity (Wildman–Crippen MR) is 71.3 cm³/mol. The number of aryl methyl sites for hydroxylation is 1. The Morgan fingerprint density at radius 3 is 2.53 bits per heavy atom. The van der Waals surface area contributed by atoms with Crippen LogP contribution in [0.4, 0.5) is 0 Å². The molecule has 94 valence electrons. The van der Waals surface area contributed by atoms with Gasteiger partial charge in [-0.1, -0.05) is 6.07 Å². The summed E-state index contributed by atoms with van der Waals surface area (Å²) < 4.78 is 25.6. The lowest BCUT2D eigenvalue weighted by Gasteiger charge is -2.15. The zero-order valence-corrected chi connectivity index (χ0v) is 12.3. The number of benzene rings is 1. The molecule has 0 aliphatic carbocycles. The van der Waals surface area contributed by atoms with E-state index >= 15 is 0 Å². The van der Waals surface area contributed by atoms with E-state index in [0.29, 0.717) is 0 Å². The molecule has 0 radical (unpaired) electrons. The molecule has 0 amide bonds. The fraction of sp³-hybridized carbons (Fsp3) is 0.300. The number of sulfonamides is 1. The Balaban J connectivity index is 3.13. The molecule has 0 unspecified atom stereocenters. The molecule has 0 spiro atoms. The van der Waals surface area contributed by atoms with Gasteiger partial charge in [0, 0.05) is 10.6 Å². The van der Waals surface area contributed by atoms with E-state index in [1.54, 1.807) is 6.07 Å². The van der Waals surface area contributed by atoms with Crippen molar-refractivity contribution in [3.05, 3.63) is 27.3 Å². The number of hydrogen-bond donors (Lipinski definition) is 1. The molecule has 7 heteroatoms. The lowest BCUT2D eigenvalue weighted by atomic mass is 10.2. The summed E-state index contributed by atoms with van der Waals surface area (Å²) in [6.07, 6.45) is 0. The molecule has 1 aromatic carbocycles. The van der Waals surface area contributed by atoms with Crippen LogP contribution in [0.2, 0.25) is 0 Å². The number of carbonyl (C=O) groups is 1. The van der Waals surface area contributed by atoms with Crippen molar-refractivity contribution in [1.82, 2.24) is 4.31 Å². The molecule has 0 saturated heterocycles. The average Bonchev–Trinajstić information content (AvgIpc) is 2.20. The highest BCUT2D eigenvalue weighted by atomic mass is 127. The predicted octanol–water partition coefficient (Wildman–Crippen LogP) is 1.30. The van der Waals surface area contributed by atoms with E-state index in [9.17, 15) is 13.2 Å². The van der Waals surface area contributed by atoms with Gasteiger partial charge in [0.2, 0.25) is 10.0 Å². The molecular formula is C10H12INO4S. The first-order chi connectivity index (χ1) is 7.75. The van der Waals surface area contributed by atoms with Crippen molar-refractivity contribution < 1.29 is 18.3 Å². The van der Waals surface area contributed by atoms with Gasteiger partial charge in [-0.25, -0.2) is 8.42 Å². The molecule has 0 aliphatic heterocycles. The Kier molecular flexibility index (Phi) is 4.50. The molecule has 0 aliphatic rings. The van der Waals surface area contributed by atoms with Crippen LogP contribution < -0.4 is 0 Å². The van der Waals surface area contributed by atoms with Gasteiger partial charge in [0.05, 0.1) is 4.90 Å². The molecule has 0 fully saturated rings. The van der Waals surface area contributed by atoms with Gasteiger partial charge in [0.25, 0.3) is 0 Å². The van der Waals surface area contributed by atoms with Crippen molar-refractivity contribution in [1.29, 1.82) is 0 Å². The van der Waals surface area contributed by atoms with Crippen LogP contribution in [0.3, 0.4) is 0 Å². The van der Waals surface area contributed by atoms with E-state index in [1.807, 2.05) is 29.5 Å². The summed E-state index contributed by atoms with van der Waals surface area (Å²) in [7, 11) is -2.48. The number of hydrogen-bond acceptors (Lipinski definition) is 3. The van der Waals surface area contributed by atoms with Crippen LogP contribution in [-0.2, 0) is 14.8 Å². The summed E-state index contributed by atoms with van der Waals surface area (Å²) in [6.45, 7) is 1.33. The van der Waals surface area contributed by atoms with Gasteiger partial charge in [-0.15, -0.1) is 0 Å². The fourth-order valence-electron chi connectivity index (χ4n) is 1.19. The first-order valence-corrected chi connectivity index (χ1v) is 7.21. The molecule has 1 aromatic rings. The van der Waals surface area contributed by atoms with Crippen molar-refractivity contribution in [2.24, 2.45) is 0 Å². The molecule has 0 bridgehead atoms. The highest BCUT2D eigenvalue weighted by Gasteiger charge is 2.23. The molecular weight excluding hydrogens is 357 g/mol. The topological polar surface area (TPSA) is 74.7 Å². The zero-order valence-electron chi connectivity index (χ0n) is 9.34. The van der Waals surface area contributed by atoms with Crippen LogP contribution in [0.1, 0.15) is 5.56 Å². The first kappa shape index (κ1) is 14.4. The average molecular weight is 369 g/mol. The molecule has 1 rings (SSSR count). The molecule has 1 N–H and O–H groups in total. The van der Waals surface area contributed by atoms with E-state index in [1.165, 1.54) is 19.2 Å². The van der Waals surface area contributed by atoms with Crippen molar-refractivity contribution >= 4 is 38.6 Å². The van der Waals surface area contributed by atoms with Gasteiger partial charge < -0.3 is 5.11 Å². The monoisotopic (exact) mass is 369 g/mol. The molecule has 0 aromatic heterocycles. The Labute approximate surface area is 114 Å². The molecule has 5 nitrogen and oxygen atoms in total. The maximum atomic E-state index is 12.0.